The first-order valence-electron chi connectivity index (χ1n) is 18.6. The molecule has 1 saturated carbocycles. The first-order chi connectivity index (χ1) is 25.0. The van der Waals surface area contributed by atoms with Crippen molar-refractivity contribution in [1.82, 2.24) is 26.6 Å². The lowest BCUT2D eigenvalue weighted by atomic mass is 9.84. The van der Waals surface area contributed by atoms with Crippen LogP contribution in [0.4, 0.5) is 4.79 Å². The number of phenols is 1. The van der Waals surface area contributed by atoms with Crippen LogP contribution in [0.2, 0.25) is 0 Å². The van der Waals surface area contributed by atoms with Gasteiger partial charge in [0.1, 0.15) is 29.5 Å². The van der Waals surface area contributed by atoms with Crippen LogP contribution in [0.25, 0.3) is 0 Å². The van der Waals surface area contributed by atoms with Crippen molar-refractivity contribution in [3.05, 3.63) is 28.8 Å². The molecule has 1 aromatic rings. The Morgan fingerprint density at radius 2 is 1.49 bits per heavy atom. The molecule has 1 aliphatic rings. The number of aliphatic carboxylic acids is 1. The van der Waals surface area contributed by atoms with Gasteiger partial charge in [0.15, 0.2) is 0 Å². The molecule has 0 radical (unpaired) electrons. The Hall–Kier alpha value is -4.01. The number of carbonyl (C=O) groups is 6. The van der Waals surface area contributed by atoms with Gasteiger partial charge in [0.2, 0.25) is 23.6 Å². The first kappa shape index (κ1) is 45.1. The average molecular weight is 764 g/mol. The molecule has 0 aromatic heterocycles. The third-order valence-electron chi connectivity index (χ3n) is 9.08. The number of amides is 5. The van der Waals surface area contributed by atoms with Crippen LogP contribution in [0.3, 0.4) is 0 Å². The maximum atomic E-state index is 13.8. The number of aryl methyl sites for hydroxylation is 2. The summed E-state index contributed by atoms with van der Waals surface area (Å²) in [6.45, 7) is 8.63. The molecule has 15 heteroatoms. The summed E-state index contributed by atoms with van der Waals surface area (Å²) in [5, 5.41) is 32.5. The van der Waals surface area contributed by atoms with Crippen molar-refractivity contribution >= 4 is 47.5 Å². The number of benzene rings is 1. The van der Waals surface area contributed by atoms with Crippen LogP contribution < -0.4 is 26.6 Å². The minimum absolute atomic E-state index is 0.0646. The van der Waals surface area contributed by atoms with E-state index in [0.29, 0.717) is 38.0 Å². The third-order valence-corrected chi connectivity index (χ3v) is 9.72. The zero-order valence-corrected chi connectivity index (χ0v) is 33.0. The second kappa shape index (κ2) is 22.9. The van der Waals surface area contributed by atoms with E-state index in [-0.39, 0.29) is 36.8 Å². The number of carboxylic acid groups (broad SMARTS) is 1. The fraction of sp³-hybridized carbons (Fsp3) is 0.684. The minimum atomic E-state index is -1.13. The Labute approximate surface area is 318 Å². The molecule has 14 nitrogen and oxygen atoms in total. The summed E-state index contributed by atoms with van der Waals surface area (Å²) >= 11 is 1.48. The van der Waals surface area contributed by atoms with Crippen molar-refractivity contribution in [2.75, 3.05) is 25.1 Å². The topological polar surface area (TPSA) is 212 Å². The number of carboxylic acids is 1. The lowest BCUT2D eigenvalue weighted by molar-refractivity contribution is -0.137. The van der Waals surface area contributed by atoms with Crippen molar-refractivity contribution in [1.29, 1.82) is 0 Å². The fourth-order valence-electron chi connectivity index (χ4n) is 6.37. The zero-order chi connectivity index (χ0) is 39.6. The summed E-state index contributed by atoms with van der Waals surface area (Å²) in [5.41, 5.74) is 1.36. The van der Waals surface area contributed by atoms with Gasteiger partial charge in [-0.05, 0) is 107 Å². The van der Waals surface area contributed by atoms with Gasteiger partial charge in [-0.15, -0.1) is 0 Å². The molecule has 5 amide bonds. The molecule has 0 heterocycles. The molecule has 0 aliphatic heterocycles. The number of aromatic hydroxyl groups is 1. The molecule has 0 saturated heterocycles. The Bertz CT molecular complexity index is 1370. The Morgan fingerprint density at radius 1 is 0.849 bits per heavy atom. The number of carbonyl (C=O) groups excluding carboxylic acids is 5. The predicted octanol–water partition coefficient (Wildman–Crippen LogP) is 4.02. The summed E-state index contributed by atoms with van der Waals surface area (Å²) < 4.78 is 5.41. The fourth-order valence-corrected chi connectivity index (χ4v) is 6.84. The number of thioether (sulfide) groups is 1. The molecule has 1 fully saturated rings. The van der Waals surface area contributed by atoms with Gasteiger partial charge in [0.05, 0.1) is 6.54 Å². The molecular formula is C38H61N5O9S. The third kappa shape index (κ3) is 18.0. The number of nitrogens with one attached hydrogen (secondary N) is 5. The zero-order valence-electron chi connectivity index (χ0n) is 32.2. The van der Waals surface area contributed by atoms with E-state index in [9.17, 15) is 33.9 Å². The van der Waals surface area contributed by atoms with Crippen LogP contribution in [-0.4, -0.2) is 94.7 Å². The van der Waals surface area contributed by atoms with Crippen molar-refractivity contribution in [2.45, 2.75) is 135 Å². The highest BCUT2D eigenvalue weighted by atomic mass is 32.2. The highest BCUT2D eigenvalue weighted by Crippen LogP contribution is 2.27. The average Bonchev–Trinajstić information content (AvgIpc) is 3.07. The quantitative estimate of drug-likeness (QED) is 0.0894. The van der Waals surface area contributed by atoms with Crippen molar-refractivity contribution in [3.63, 3.8) is 0 Å². The molecule has 0 bridgehead atoms. The predicted molar refractivity (Wildman–Crippen MR) is 205 cm³/mol. The normalized spacial score (nSPS) is 15.0. The van der Waals surface area contributed by atoms with E-state index in [2.05, 4.69) is 26.6 Å². The van der Waals surface area contributed by atoms with E-state index in [1.165, 1.54) is 11.8 Å². The number of rotatable bonds is 21. The van der Waals surface area contributed by atoms with Gasteiger partial charge in [-0.3, -0.25) is 24.0 Å². The molecule has 1 aliphatic carbocycles. The number of unbranched alkanes of at least 4 members (excludes halogenated alkanes) is 2. The van der Waals surface area contributed by atoms with Crippen LogP contribution in [0.1, 0.15) is 108 Å². The van der Waals surface area contributed by atoms with Gasteiger partial charge in [-0.25, -0.2) is 4.79 Å². The van der Waals surface area contributed by atoms with E-state index >= 15 is 0 Å². The molecule has 0 spiro atoms. The standard InChI is InChI=1S/C38H61N5O9S/c1-24-19-27(44)20-25(2)28(24)22-31(43-37(51)52-38(3,4)5)36(50)42-29(16-18-53-6)34(48)40-23-32(45)41-30(21-26-13-9-7-10-14-26)35(49)39-17-12-8-11-15-33(46)47/h19-20,26,29-31,44H,7-18,21-23H2,1-6H3,(H,39,49)(H,40,48)(H,41,45)(H,42,50)(H,43,51)(H,46,47)/t29-,30+,31+/m1/s1. The summed E-state index contributed by atoms with van der Waals surface area (Å²) in [7, 11) is 0. The van der Waals surface area contributed by atoms with E-state index in [1.54, 1.807) is 46.8 Å². The monoisotopic (exact) mass is 763 g/mol. The molecular weight excluding hydrogens is 703 g/mol. The number of alkyl carbamates (subject to hydrolysis) is 1. The molecule has 7 N–H and O–H groups in total. The minimum Gasteiger partial charge on any atom is -0.508 e. The molecule has 1 aromatic carbocycles. The van der Waals surface area contributed by atoms with Crippen molar-refractivity contribution in [3.8, 4) is 5.75 Å². The lowest BCUT2D eigenvalue weighted by Gasteiger charge is -2.27. The number of hydrogen-bond donors (Lipinski definition) is 7. The first-order valence-corrected chi connectivity index (χ1v) is 20.0. The van der Waals surface area contributed by atoms with E-state index < -0.39 is 60.1 Å². The molecule has 53 heavy (non-hydrogen) atoms. The largest absolute Gasteiger partial charge is 0.508 e. The Morgan fingerprint density at radius 3 is 2.09 bits per heavy atom. The number of phenolic OH excluding ortho intramolecular Hbond substituents is 1. The van der Waals surface area contributed by atoms with Gasteiger partial charge < -0.3 is 41.5 Å². The van der Waals surface area contributed by atoms with E-state index in [1.807, 2.05) is 6.26 Å². The second-order valence-electron chi connectivity index (χ2n) is 14.9. The maximum absolute atomic E-state index is 13.8. The van der Waals surface area contributed by atoms with Crippen LogP contribution >= 0.6 is 11.8 Å². The van der Waals surface area contributed by atoms with Crippen LogP contribution in [-0.2, 0) is 35.1 Å². The number of hydrogen-bond acceptors (Lipinski definition) is 9. The van der Waals surface area contributed by atoms with Gasteiger partial charge in [-0.2, -0.15) is 11.8 Å². The summed E-state index contributed by atoms with van der Waals surface area (Å²) in [5.74, 6) is -2.06. The highest BCUT2D eigenvalue weighted by molar-refractivity contribution is 7.98. The van der Waals surface area contributed by atoms with Gasteiger partial charge in [0, 0.05) is 19.4 Å². The Kier molecular flexibility index (Phi) is 19.5. The van der Waals surface area contributed by atoms with Crippen LogP contribution in [0.15, 0.2) is 12.1 Å². The van der Waals surface area contributed by atoms with Gasteiger partial charge in [-0.1, -0.05) is 38.5 Å². The lowest BCUT2D eigenvalue weighted by Crippen LogP contribution is -2.56. The molecule has 298 valence electrons. The summed E-state index contributed by atoms with van der Waals surface area (Å²) in [4.78, 5) is 77.1. The maximum Gasteiger partial charge on any atom is 0.408 e. The van der Waals surface area contributed by atoms with Crippen molar-refractivity contribution < 1.29 is 43.7 Å². The van der Waals surface area contributed by atoms with E-state index in [0.717, 1.165) is 48.8 Å². The van der Waals surface area contributed by atoms with Crippen LogP contribution in [0, 0.1) is 19.8 Å². The van der Waals surface area contributed by atoms with Gasteiger partial charge >= 0.3 is 12.1 Å². The van der Waals surface area contributed by atoms with Crippen molar-refractivity contribution in [2.24, 2.45) is 5.92 Å². The molecule has 3 atom stereocenters. The van der Waals surface area contributed by atoms with E-state index in [4.69, 9.17) is 9.84 Å². The smallest absolute Gasteiger partial charge is 0.408 e. The summed E-state index contributed by atoms with van der Waals surface area (Å²) in [6.07, 6.45) is 8.92. The van der Waals surface area contributed by atoms with Gasteiger partial charge in [0.25, 0.3) is 0 Å². The SMILES string of the molecule is CSCC[C@@H](NC(=O)[C@H](Cc1c(C)cc(O)cc1C)NC(=O)OC(C)(C)C)C(=O)NCC(=O)N[C@@H](CC1CCCCC1)C(=O)NCCCCCC(=O)O. The summed E-state index contributed by atoms with van der Waals surface area (Å²) in [6, 6.07) is 0.184. The van der Waals surface area contributed by atoms with Crippen LogP contribution in [0.5, 0.6) is 5.75 Å². The second-order valence-corrected chi connectivity index (χ2v) is 15.9. The molecule has 0 unspecified atom stereocenters. The highest BCUT2D eigenvalue weighted by Gasteiger charge is 2.30. The molecule has 2 rings (SSSR count). The number of ether oxygens (including phenoxy) is 1. The Balaban J connectivity index is 2.12.